The maximum Gasteiger partial charge on any atom is 0.408 e. The van der Waals surface area contributed by atoms with Crippen LogP contribution in [0.2, 0.25) is 0 Å². The van der Waals surface area contributed by atoms with E-state index in [1.54, 1.807) is 0 Å². The fourth-order valence-corrected chi connectivity index (χ4v) is 1.76. The lowest BCUT2D eigenvalue weighted by Crippen LogP contribution is -2.39. The van der Waals surface area contributed by atoms with Gasteiger partial charge in [0, 0.05) is 11.8 Å². The van der Waals surface area contributed by atoms with Crippen LogP contribution in [0, 0.1) is 0 Å². The van der Waals surface area contributed by atoms with Gasteiger partial charge in [0.05, 0.1) is 19.3 Å². The van der Waals surface area contributed by atoms with E-state index in [0.717, 1.165) is 4.90 Å². The van der Waals surface area contributed by atoms with Gasteiger partial charge in [-0.15, -0.1) is 0 Å². The second-order valence-corrected chi connectivity index (χ2v) is 4.00. The van der Waals surface area contributed by atoms with Gasteiger partial charge in [-0.2, -0.15) is 0 Å². The molecule has 0 spiro atoms. The van der Waals surface area contributed by atoms with Crippen molar-refractivity contribution in [2.24, 2.45) is 0 Å². The van der Waals surface area contributed by atoms with Gasteiger partial charge in [-0.25, -0.2) is 9.59 Å². The molecule has 86 valence electrons. The molecule has 0 aromatic carbocycles. The topological polar surface area (TPSA) is 87.1 Å². The van der Waals surface area contributed by atoms with E-state index in [4.69, 9.17) is 14.9 Å². The van der Waals surface area contributed by atoms with Crippen LogP contribution in [-0.2, 0) is 9.53 Å². The lowest BCUT2D eigenvalue weighted by Gasteiger charge is -2.16. The van der Waals surface area contributed by atoms with Gasteiger partial charge >= 0.3 is 12.1 Å². The first-order valence-corrected chi connectivity index (χ1v) is 5.58. The number of nitrogens with zero attached hydrogens (tertiary/aromatic N) is 1. The van der Waals surface area contributed by atoms with Gasteiger partial charge in [0.1, 0.15) is 6.04 Å². The molecule has 0 aromatic heterocycles. The van der Waals surface area contributed by atoms with Crippen LogP contribution in [0.4, 0.5) is 4.79 Å². The van der Waals surface area contributed by atoms with E-state index in [1.807, 2.05) is 0 Å². The first kappa shape index (κ1) is 12.3. The molecule has 7 heteroatoms. The number of aliphatic carboxylic acids is 1. The summed E-state index contributed by atoms with van der Waals surface area (Å²) >= 11 is 3.17. The summed E-state index contributed by atoms with van der Waals surface area (Å²) in [7, 11) is 0. The van der Waals surface area contributed by atoms with Gasteiger partial charge in [-0.3, -0.25) is 4.90 Å². The Labute approximate surface area is 94.9 Å². The number of alkyl halides is 1. The van der Waals surface area contributed by atoms with E-state index in [1.165, 1.54) is 0 Å². The lowest BCUT2D eigenvalue weighted by molar-refractivity contribution is -0.141. The summed E-state index contributed by atoms with van der Waals surface area (Å²) in [5, 5.41) is 18.2. The second-order valence-electron chi connectivity index (χ2n) is 3.21. The van der Waals surface area contributed by atoms with Crippen LogP contribution >= 0.6 is 15.9 Å². The molecule has 15 heavy (non-hydrogen) atoms. The van der Waals surface area contributed by atoms with Gasteiger partial charge < -0.3 is 14.9 Å². The van der Waals surface area contributed by atoms with Crippen molar-refractivity contribution in [3.8, 4) is 0 Å². The monoisotopic (exact) mass is 281 g/mol. The SMILES string of the molecule is O=C(O)[C@@H]1C[C@H](OCCBr)CN1C(=O)O. The minimum Gasteiger partial charge on any atom is -0.480 e. The van der Waals surface area contributed by atoms with Crippen molar-refractivity contribution in [3.05, 3.63) is 0 Å². The average Bonchev–Trinajstić information content (AvgIpc) is 2.58. The largest absolute Gasteiger partial charge is 0.480 e. The Morgan fingerprint density at radius 2 is 2.13 bits per heavy atom. The third-order valence-electron chi connectivity index (χ3n) is 2.22. The number of rotatable bonds is 4. The fraction of sp³-hybridized carbons (Fsp3) is 0.750. The highest BCUT2D eigenvalue weighted by molar-refractivity contribution is 9.09. The summed E-state index contributed by atoms with van der Waals surface area (Å²) in [6.45, 7) is 0.573. The van der Waals surface area contributed by atoms with Crippen molar-refractivity contribution in [3.63, 3.8) is 0 Å². The molecule has 2 atom stereocenters. The van der Waals surface area contributed by atoms with Crippen molar-refractivity contribution < 1.29 is 24.5 Å². The average molecular weight is 282 g/mol. The number of carboxylic acid groups (broad SMARTS) is 2. The molecule has 1 amide bonds. The van der Waals surface area contributed by atoms with Crippen molar-refractivity contribution in [2.45, 2.75) is 18.6 Å². The number of halogens is 1. The first-order valence-electron chi connectivity index (χ1n) is 4.46. The number of amides is 1. The first-order chi connectivity index (χ1) is 7.06. The quantitative estimate of drug-likeness (QED) is 0.737. The summed E-state index contributed by atoms with van der Waals surface area (Å²) in [6, 6.07) is -0.983. The van der Waals surface area contributed by atoms with E-state index in [9.17, 15) is 9.59 Å². The van der Waals surface area contributed by atoms with Crippen molar-refractivity contribution in [1.82, 2.24) is 4.90 Å². The minimum atomic E-state index is -1.22. The van der Waals surface area contributed by atoms with Crippen molar-refractivity contribution in [1.29, 1.82) is 0 Å². The smallest absolute Gasteiger partial charge is 0.408 e. The molecule has 2 N–H and O–H groups in total. The Hall–Kier alpha value is -0.820. The van der Waals surface area contributed by atoms with Crippen molar-refractivity contribution >= 4 is 28.0 Å². The zero-order valence-electron chi connectivity index (χ0n) is 7.93. The highest BCUT2D eigenvalue weighted by atomic mass is 79.9. The molecule has 1 fully saturated rings. The van der Waals surface area contributed by atoms with Crippen LogP contribution in [0.1, 0.15) is 6.42 Å². The molecule has 1 aliphatic rings. The Balaban J connectivity index is 2.57. The predicted molar refractivity (Wildman–Crippen MR) is 54.3 cm³/mol. The maximum absolute atomic E-state index is 10.8. The summed E-state index contributed by atoms with van der Waals surface area (Å²) in [5.41, 5.74) is 0. The normalized spacial score (nSPS) is 25.5. The van der Waals surface area contributed by atoms with Gasteiger partial charge in [0.15, 0.2) is 0 Å². The molecule has 0 aliphatic carbocycles. The standard InChI is InChI=1S/C8H12BrNO5/c9-1-2-15-5-3-6(7(11)12)10(4-5)8(13)14/h5-6H,1-4H2,(H,11,12)(H,13,14)/t5-,6-/m0/s1. The Morgan fingerprint density at radius 3 is 2.53 bits per heavy atom. The maximum atomic E-state index is 10.8. The summed E-state index contributed by atoms with van der Waals surface area (Å²) in [6.07, 6.45) is -1.32. The molecule has 0 bridgehead atoms. The highest BCUT2D eigenvalue weighted by Crippen LogP contribution is 2.20. The molecular formula is C8H12BrNO5. The molecule has 0 aromatic rings. The van der Waals surface area contributed by atoms with E-state index in [-0.39, 0.29) is 19.1 Å². The molecule has 1 saturated heterocycles. The number of likely N-dealkylation sites (tertiary alicyclic amines) is 1. The number of hydrogen-bond acceptors (Lipinski definition) is 3. The van der Waals surface area contributed by atoms with E-state index < -0.39 is 18.1 Å². The number of ether oxygens (including phenoxy) is 1. The van der Waals surface area contributed by atoms with Gasteiger partial charge in [-0.1, -0.05) is 15.9 Å². The van der Waals surface area contributed by atoms with E-state index in [2.05, 4.69) is 15.9 Å². The molecule has 0 saturated carbocycles. The van der Waals surface area contributed by atoms with E-state index >= 15 is 0 Å². The summed E-state index contributed by atoms with van der Waals surface area (Å²) in [4.78, 5) is 22.4. The molecule has 1 aliphatic heterocycles. The molecule has 1 heterocycles. The predicted octanol–water partition coefficient (Wildman–Crippen LogP) is 0.603. The lowest BCUT2D eigenvalue weighted by atomic mass is 10.2. The van der Waals surface area contributed by atoms with Gasteiger partial charge in [-0.05, 0) is 0 Å². The summed E-state index contributed by atoms with van der Waals surface area (Å²) < 4.78 is 5.30. The van der Waals surface area contributed by atoms with Crippen molar-refractivity contribution in [2.75, 3.05) is 18.5 Å². The molecule has 1 rings (SSSR count). The molecule has 0 radical (unpaired) electrons. The molecule has 0 unspecified atom stereocenters. The second kappa shape index (κ2) is 5.32. The van der Waals surface area contributed by atoms with Crippen LogP contribution < -0.4 is 0 Å². The number of carboxylic acids is 1. The van der Waals surface area contributed by atoms with E-state index in [0.29, 0.717) is 11.9 Å². The number of carbonyl (C=O) groups is 2. The minimum absolute atomic E-state index is 0.124. The highest BCUT2D eigenvalue weighted by Gasteiger charge is 2.40. The van der Waals surface area contributed by atoms with Gasteiger partial charge in [0.2, 0.25) is 0 Å². The Kier molecular flexibility index (Phi) is 4.34. The third kappa shape index (κ3) is 3.07. The van der Waals surface area contributed by atoms with Crippen LogP contribution in [0.15, 0.2) is 0 Å². The van der Waals surface area contributed by atoms with Crippen LogP contribution in [0.5, 0.6) is 0 Å². The van der Waals surface area contributed by atoms with Crippen LogP contribution in [0.25, 0.3) is 0 Å². The number of hydrogen-bond donors (Lipinski definition) is 2. The summed E-state index contributed by atoms with van der Waals surface area (Å²) in [5.74, 6) is -1.12. The third-order valence-corrected chi connectivity index (χ3v) is 2.55. The Bertz CT molecular complexity index is 237. The molecular weight excluding hydrogens is 270 g/mol. The molecule has 6 nitrogen and oxygen atoms in total. The Morgan fingerprint density at radius 1 is 1.47 bits per heavy atom. The van der Waals surface area contributed by atoms with Crippen LogP contribution in [-0.4, -0.2) is 57.8 Å². The zero-order valence-corrected chi connectivity index (χ0v) is 9.51. The zero-order chi connectivity index (χ0) is 11.4. The van der Waals surface area contributed by atoms with Gasteiger partial charge in [0.25, 0.3) is 0 Å². The van der Waals surface area contributed by atoms with Crippen LogP contribution in [0.3, 0.4) is 0 Å². The fourth-order valence-electron chi connectivity index (χ4n) is 1.57.